The standard InChI is InChI=1S/C23H30N2O6/c1-14(2)31-20(22(26)27)10-17-7-6-8-18(9-17)12-25-23(28)30-13-19-16(4)21(29-5)15(3)11-24-19/h6-9,11,14,20H,10,12-13H2,1-5H3,(H,25,28)(H,26,27). The van der Waals surface area contributed by atoms with Crippen LogP contribution in [-0.2, 0) is 33.8 Å². The Hall–Kier alpha value is -3.13. The van der Waals surface area contributed by atoms with Crippen molar-refractivity contribution in [1.82, 2.24) is 10.3 Å². The van der Waals surface area contributed by atoms with Crippen LogP contribution in [0, 0.1) is 13.8 Å². The van der Waals surface area contributed by atoms with Gasteiger partial charge in [0, 0.05) is 30.3 Å². The molecule has 0 aliphatic heterocycles. The average molecular weight is 431 g/mol. The summed E-state index contributed by atoms with van der Waals surface area (Å²) in [6.07, 6.45) is 0.244. The molecule has 1 atom stereocenters. The average Bonchev–Trinajstić information content (AvgIpc) is 2.71. The first kappa shape index (κ1) is 24.1. The Bertz CT molecular complexity index is 913. The number of rotatable bonds is 10. The highest BCUT2D eigenvalue weighted by molar-refractivity contribution is 5.72. The van der Waals surface area contributed by atoms with E-state index in [0.29, 0.717) is 5.69 Å². The SMILES string of the molecule is COc1c(C)cnc(COC(=O)NCc2cccc(CC(OC(C)C)C(=O)O)c2)c1C. The number of ether oxygens (including phenoxy) is 3. The lowest BCUT2D eigenvalue weighted by atomic mass is 10.0. The maximum atomic E-state index is 12.1. The number of carbonyl (C=O) groups excluding carboxylic acids is 1. The molecule has 1 heterocycles. The Labute approximate surface area is 182 Å². The highest BCUT2D eigenvalue weighted by Crippen LogP contribution is 2.24. The fourth-order valence-electron chi connectivity index (χ4n) is 3.18. The first-order valence-electron chi connectivity index (χ1n) is 10.1. The molecule has 2 N–H and O–H groups in total. The lowest BCUT2D eigenvalue weighted by Gasteiger charge is -2.17. The molecule has 1 amide bonds. The normalized spacial score (nSPS) is 11.8. The van der Waals surface area contributed by atoms with Crippen molar-refractivity contribution in [2.45, 2.75) is 59.5 Å². The van der Waals surface area contributed by atoms with Crippen LogP contribution in [0.1, 0.15) is 41.8 Å². The number of pyridine rings is 1. The molecule has 168 valence electrons. The molecule has 2 rings (SSSR count). The van der Waals surface area contributed by atoms with Crippen LogP contribution in [0.15, 0.2) is 30.5 Å². The van der Waals surface area contributed by atoms with Gasteiger partial charge in [-0.2, -0.15) is 0 Å². The van der Waals surface area contributed by atoms with E-state index < -0.39 is 18.2 Å². The number of benzene rings is 1. The molecule has 1 aromatic carbocycles. The van der Waals surface area contributed by atoms with Gasteiger partial charge in [-0.05, 0) is 38.8 Å². The highest BCUT2D eigenvalue weighted by atomic mass is 16.5. The quantitative estimate of drug-likeness (QED) is 0.593. The second-order valence-corrected chi connectivity index (χ2v) is 7.51. The minimum Gasteiger partial charge on any atom is -0.496 e. The van der Waals surface area contributed by atoms with Crippen molar-refractivity contribution < 1.29 is 28.9 Å². The van der Waals surface area contributed by atoms with Crippen LogP contribution in [0.4, 0.5) is 4.79 Å². The largest absolute Gasteiger partial charge is 0.496 e. The number of nitrogens with zero attached hydrogens (tertiary/aromatic N) is 1. The van der Waals surface area contributed by atoms with Crippen molar-refractivity contribution >= 4 is 12.1 Å². The first-order valence-corrected chi connectivity index (χ1v) is 10.1. The number of carboxylic acids is 1. The number of carboxylic acid groups (broad SMARTS) is 1. The molecule has 1 unspecified atom stereocenters. The first-order chi connectivity index (χ1) is 14.7. The molecule has 8 heteroatoms. The number of alkyl carbamates (subject to hydrolysis) is 1. The summed E-state index contributed by atoms with van der Waals surface area (Å²) in [4.78, 5) is 27.8. The number of aryl methyl sites for hydroxylation is 1. The molecule has 0 radical (unpaired) electrons. The van der Waals surface area contributed by atoms with Gasteiger partial charge in [0.05, 0.1) is 18.9 Å². The van der Waals surface area contributed by atoms with Gasteiger partial charge < -0.3 is 24.6 Å². The maximum Gasteiger partial charge on any atom is 0.407 e. The van der Waals surface area contributed by atoms with E-state index in [0.717, 1.165) is 28.0 Å². The molecule has 0 saturated carbocycles. The van der Waals surface area contributed by atoms with Crippen LogP contribution < -0.4 is 10.1 Å². The smallest absolute Gasteiger partial charge is 0.407 e. The summed E-state index contributed by atoms with van der Waals surface area (Å²) in [6, 6.07) is 7.34. The van der Waals surface area contributed by atoms with Gasteiger partial charge in [0.25, 0.3) is 0 Å². The molecule has 0 saturated heterocycles. The fraction of sp³-hybridized carbons (Fsp3) is 0.435. The highest BCUT2D eigenvalue weighted by Gasteiger charge is 2.20. The third-order valence-corrected chi connectivity index (χ3v) is 4.65. The van der Waals surface area contributed by atoms with Crippen molar-refractivity contribution in [3.63, 3.8) is 0 Å². The molecule has 8 nitrogen and oxygen atoms in total. The second kappa shape index (κ2) is 11.3. The predicted octanol–water partition coefficient (Wildman–Crippen LogP) is 3.55. The summed E-state index contributed by atoms with van der Waals surface area (Å²) in [6.45, 7) is 7.64. The summed E-state index contributed by atoms with van der Waals surface area (Å²) in [5, 5.41) is 12.0. The Balaban J connectivity index is 1.91. The third-order valence-electron chi connectivity index (χ3n) is 4.65. The maximum absolute atomic E-state index is 12.1. The number of methoxy groups -OCH3 is 1. The minimum atomic E-state index is -1.00. The number of hydrogen-bond donors (Lipinski definition) is 2. The van der Waals surface area contributed by atoms with E-state index in [1.54, 1.807) is 27.2 Å². The number of carbonyl (C=O) groups is 2. The zero-order valence-electron chi connectivity index (χ0n) is 18.6. The van der Waals surface area contributed by atoms with E-state index in [2.05, 4.69) is 10.3 Å². The van der Waals surface area contributed by atoms with E-state index in [9.17, 15) is 14.7 Å². The van der Waals surface area contributed by atoms with Crippen LogP contribution in [0.25, 0.3) is 0 Å². The van der Waals surface area contributed by atoms with Crippen LogP contribution in [0.2, 0.25) is 0 Å². The van der Waals surface area contributed by atoms with E-state index >= 15 is 0 Å². The lowest BCUT2D eigenvalue weighted by molar-refractivity contribution is -0.153. The van der Waals surface area contributed by atoms with E-state index in [1.807, 2.05) is 38.1 Å². The Morgan fingerprint density at radius 3 is 2.55 bits per heavy atom. The minimum absolute atomic E-state index is 0.0289. The Morgan fingerprint density at radius 1 is 1.19 bits per heavy atom. The lowest BCUT2D eigenvalue weighted by Crippen LogP contribution is -2.29. The molecule has 0 spiro atoms. The summed E-state index contributed by atoms with van der Waals surface area (Å²) in [5.74, 6) is -0.274. The molecule has 0 aliphatic carbocycles. The van der Waals surface area contributed by atoms with Crippen LogP contribution in [0.5, 0.6) is 5.75 Å². The molecule has 0 aliphatic rings. The van der Waals surface area contributed by atoms with Gasteiger partial charge >= 0.3 is 12.1 Å². The summed E-state index contributed by atoms with van der Waals surface area (Å²) in [5.41, 5.74) is 4.02. The van der Waals surface area contributed by atoms with Crippen molar-refractivity contribution in [2.24, 2.45) is 0 Å². The zero-order chi connectivity index (χ0) is 23.0. The molecule has 31 heavy (non-hydrogen) atoms. The van der Waals surface area contributed by atoms with E-state index in [4.69, 9.17) is 14.2 Å². The van der Waals surface area contributed by atoms with Crippen LogP contribution in [0.3, 0.4) is 0 Å². The number of aliphatic carboxylic acids is 1. The monoisotopic (exact) mass is 430 g/mol. The van der Waals surface area contributed by atoms with Gasteiger partial charge in [0.15, 0.2) is 6.10 Å². The van der Waals surface area contributed by atoms with Crippen molar-refractivity contribution in [1.29, 1.82) is 0 Å². The van der Waals surface area contributed by atoms with Crippen LogP contribution >= 0.6 is 0 Å². The van der Waals surface area contributed by atoms with Crippen molar-refractivity contribution in [3.05, 3.63) is 58.4 Å². The molecular weight excluding hydrogens is 400 g/mol. The fourth-order valence-corrected chi connectivity index (χ4v) is 3.18. The predicted molar refractivity (Wildman–Crippen MR) is 115 cm³/mol. The molecule has 0 bridgehead atoms. The van der Waals surface area contributed by atoms with Gasteiger partial charge in [-0.3, -0.25) is 4.98 Å². The second-order valence-electron chi connectivity index (χ2n) is 7.51. The van der Waals surface area contributed by atoms with E-state index in [-0.39, 0.29) is 25.7 Å². The number of amides is 1. The number of aromatic nitrogens is 1. The third kappa shape index (κ3) is 7.25. The number of nitrogens with one attached hydrogen (secondary N) is 1. The molecule has 0 fully saturated rings. The van der Waals surface area contributed by atoms with Crippen molar-refractivity contribution in [3.8, 4) is 5.75 Å². The van der Waals surface area contributed by atoms with Gasteiger partial charge in [-0.1, -0.05) is 24.3 Å². The summed E-state index contributed by atoms with van der Waals surface area (Å²) >= 11 is 0. The van der Waals surface area contributed by atoms with Crippen LogP contribution in [-0.4, -0.2) is 41.5 Å². The molecular formula is C23H30N2O6. The van der Waals surface area contributed by atoms with E-state index in [1.165, 1.54) is 0 Å². The van der Waals surface area contributed by atoms with Gasteiger partial charge in [-0.15, -0.1) is 0 Å². The van der Waals surface area contributed by atoms with Gasteiger partial charge in [0.2, 0.25) is 0 Å². The molecule has 2 aromatic rings. The zero-order valence-corrected chi connectivity index (χ0v) is 18.6. The van der Waals surface area contributed by atoms with Crippen molar-refractivity contribution in [2.75, 3.05) is 7.11 Å². The van der Waals surface area contributed by atoms with Gasteiger partial charge in [0.1, 0.15) is 12.4 Å². The number of hydrogen-bond acceptors (Lipinski definition) is 6. The topological polar surface area (TPSA) is 107 Å². The Kier molecular flexibility index (Phi) is 8.81. The summed E-state index contributed by atoms with van der Waals surface area (Å²) < 4.78 is 16.1. The van der Waals surface area contributed by atoms with Gasteiger partial charge in [-0.25, -0.2) is 9.59 Å². The summed E-state index contributed by atoms with van der Waals surface area (Å²) in [7, 11) is 1.59. The molecule has 1 aromatic heterocycles. The Morgan fingerprint density at radius 2 is 1.90 bits per heavy atom.